The maximum Gasteiger partial charge on any atom is 0.122 e. The van der Waals surface area contributed by atoms with Crippen LogP contribution < -0.4 is 0 Å². The highest BCUT2D eigenvalue weighted by Crippen LogP contribution is 2.29. The zero-order chi connectivity index (χ0) is 24.8. The molecule has 2 aromatic carbocycles. The topological polar surface area (TPSA) is 80.9 Å². The van der Waals surface area contributed by atoms with Crippen molar-refractivity contribution in [3.63, 3.8) is 0 Å². The van der Waals surface area contributed by atoms with E-state index in [9.17, 15) is 20.4 Å². The Hall–Kier alpha value is -2.62. The molecule has 2 rings (SSSR count). The van der Waals surface area contributed by atoms with Crippen LogP contribution in [0.4, 0.5) is 0 Å². The Kier molecular flexibility index (Phi) is 12.4. The van der Waals surface area contributed by atoms with Gasteiger partial charge >= 0.3 is 0 Å². The Morgan fingerprint density at radius 3 is 1.12 bits per heavy atom. The average Bonchev–Trinajstić information content (AvgIpc) is 2.80. The van der Waals surface area contributed by atoms with Crippen LogP contribution in [0, 0.1) is 13.8 Å². The fourth-order valence-electron chi connectivity index (χ4n) is 4.25. The molecule has 0 aliphatic carbocycles. The van der Waals surface area contributed by atoms with E-state index in [1.165, 1.54) is 51.4 Å². The second-order valence-corrected chi connectivity index (χ2v) is 9.60. The molecule has 0 fully saturated rings. The van der Waals surface area contributed by atoms with E-state index in [0.717, 1.165) is 49.7 Å². The van der Waals surface area contributed by atoms with Crippen LogP contribution in [0.1, 0.15) is 99.3 Å². The molecule has 0 saturated heterocycles. The van der Waals surface area contributed by atoms with Gasteiger partial charge in [-0.2, -0.15) is 0 Å². The first-order chi connectivity index (χ1) is 16.4. The molecule has 0 unspecified atom stereocenters. The zero-order valence-corrected chi connectivity index (χ0v) is 21.2. The third-order valence-electron chi connectivity index (χ3n) is 6.66. The number of benzene rings is 2. The van der Waals surface area contributed by atoms with Gasteiger partial charge in [-0.3, -0.25) is 0 Å². The number of aryl methyl sites for hydroxylation is 2. The van der Waals surface area contributed by atoms with Gasteiger partial charge in [0.05, 0.1) is 0 Å². The molecule has 0 saturated carbocycles. The Morgan fingerprint density at radius 2 is 0.765 bits per heavy atom. The molecule has 4 nitrogen and oxygen atoms in total. The summed E-state index contributed by atoms with van der Waals surface area (Å²) in [7, 11) is 0. The minimum Gasteiger partial charge on any atom is -0.508 e. The van der Waals surface area contributed by atoms with E-state index in [1.807, 2.05) is 0 Å². The molecule has 188 valence electrons. The zero-order valence-electron chi connectivity index (χ0n) is 21.2. The highest BCUT2D eigenvalue weighted by molar-refractivity contribution is 5.46. The molecule has 4 N–H and O–H groups in total. The molecule has 0 heterocycles. The number of phenols is 4. The number of hydrogen-bond donors (Lipinski definition) is 4. The van der Waals surface area contributed by atoms with E-state index in [0.29, 0.717) is 11.1 Å². The maximum absolute atomic E-state index is 9.79. The van der Waals surface area contributed by atoms with Gasteiger partial charge in [-0.05, 0) is 101 Å². The van der Waals surface area contributed by atoms with E-state index in [-0.39, 0.29) is 23.0 Å². The maximum atomic E-state index is 9.79. The number of hydrogen-bond acceptors (Lipinski definition) is 4. The van der Waals surface area contributed by atoms with Gasteiger partial charge in [0.1, 0.15) is 23.0 Å². The van der Waals surface area contributed by atoms with E-state index in [4.69, 9.17) is 0 Å². The first-order valence-electron chi connectivity index (χ1n) is 13.1. The number of phenolic OH excluding ortho intramolecular Hbond substituents is 4. The highest BCUT2D eigenvalue weighted by Gasteiger charge is 2.06. The largest absolute Gasteiger partial charge is 0.508 e. The van der Waals surface area contributed by atoms with E-state index in [1.54, 1.807) is 38.1 Å². The third kappa shape index (κ3) is 10.1. The molecule has 0 bridgehead atoms. The Bertz CT molecular complexity index is 781. The number of aromatic hydroxyl groups is 4. The minimum absolute atomic E-state index is 0.184. The molecule has 0 aromatic heterocycles. The standard InChI is InChI=1S/C30H44O4/c1-23-27(31)19-25(20-28(23)32)17-15-13-11-9-7-5-3-4-6-8-10-12-14-16-18-26-21-29(33)24(2)30(34)22-26/h3-4,19-22,31-34H,5-18H2,1-2H3/b4-3+. The van der Waals surface area contributed by atoms with Crippen LogP contribution in [-0.4, -0.2) is 20.4 Å². The minimum atomic E-state index is 0.184. The molecule has 2 aromatic rings. The monoisotopic (exact) mass is 468 g/mol. The average molecular weight is 469 g/mol. The van der Waals surface area contributed by atoms with Gasteiger partial charge in [0.25, 0.3) is 0 Å². The molecule has 0 aliphatic rings. The predicted octanol–water partition coefficient (Wildman–Crippen LogP) is 8.15. The van der Waals surface area contributed by atoms with Crippen molar-refractivity contribution in [2.24, 2.45) is 0 Å². The normalized spacial score (nSPS) is 11.5. The van der Waals surface area contributed by atoms with Crippen molar-refractivity contribution in [1.29, 1.82) is 0 Å². The SMILES string of the molecule is Cc1c(O)cc(CCCCCCC/C=C/CCCCCCCc2cc(O)c(C)c(O)c2)cc1O. The van der Waals surface area contributed by atoms with Crippen molar-refractivity contribution in [3.05, 3.63) is 58.7 Å². The molecular formula is C30H44O4. The lowest BCUT2D eigenvalue weighted by Gasteiger charge is -2.07. The van der Waals surface area contributed by atoms with Gasteiger partial charge < -0.3 is 20.4 Å². The summed E-state index contributed by atoms with van der Waals surface area (Å²) in [5.74, 6) is 0.736. The van der Waals surface area contributed by atoms with Gasteiger partial charge in [-0.25, -0.2) is 0 Å². The van der Waals surface area contributed by atoms with Crippen molar-refractivity contribution in [1.82, 2.24) is 0 Å². The molecule has 0 amide bonds. The van der Waals surface area contributed by atoms with Crippen LogP contribution >= 0.6 is 0 Å². The second-order valence-electron chi connectivity index (χ2n) is 9.60. The Morgan fingerprint density at radius 1 is 0.471 bits per heavy atom. The molecule has 34 heavy (non-hydrogen) atoms. The van der Waals surface area contributed by atoms with E-state index < -0.39 is 0 Å². The van der Waals surface area contributed by atoms with Crippen molar-refractivity contribution in [3.8, 4) is 23.0 Å². The summed E-state index contributed by atoms with van der Waals surface area (Å²) in [5, 5.41) is 39.2. The fourth-order valence-corrected chi connectivity index (χ4v) is 4.25. The van der Waals surface area contributed by atoms with Crippen molar-refractivity contribution in [2.75, 3.05) is 0 Å². The quantitative estimate of drug-likeness (QED) is 0.148. The first-order valence-corrected chi connectivity index (χ1v) is 13.1. The van der Waals surface area contributed by atoms with Crippen LogP contribution in [0.15, 0.2) is 36.4 Å². The van der Waals surface area contributed by atoms with Gasteiger partial charge in [-0.15, -0.1) is 0 Å². The number of allylic oxidation sites excluding steroid dienone is 2. The van der Waals surface area contributed by atoms with Crippen LogP contribution in [0.2, 0.25) is 0 Å². The van der Waals surface area contributed by atoms with Crippen molar-refractivity contribution >= 4 is 0 Å². The summed E-state index contributed by atoms with van der Waals surface area (Å²) in [5.41, 5.74) is 3.12. The summed E-state index contributed by atoms with van der Waals surface area (Å²) < 4.78 is 0. The van der Waals surface area contributed by atoms with Crippen LogP contribution in [0.25, 0.3) is 0 Å². The molecule has 0 spiro atoms. The third-order valence-corrected chi connectivity index (χ3v) is 6.66. The summed E-state index contributed by atoms with van der Waals surface area (Å²) in [6.07, 6.45) is 20.8. The van der Waals surface area contributed by atoms with E-state index in [2.05, 4.69) is 12.2 Å². The van der Waals surface area contributed by atoms with Crippen molar-refractivity contribution < 1.29 is 20.4 Å². The lowest BCUT2D eigenvalue weighted by Crippen LogP contribution is -1.88. The highest BCUT2D eigenvalue weighted by atomic mass is 16.3. The van der Waals surface area contributed by atoms with Gasteiger partial charge in [-0.1, -0.05) is 50.7 Å². The van der Waals surface area contributed by atoms with Crippen LogP contribution in [0.3, 0.4) is 0 Å². The summed E-state index contributed by atoms with van der Waals surface area (Å²) >= 11 is 0. The Labute approximate surface area is 206 Å². The lowest BCUT2D eigenvalue weighted by molar-refractivity contribution is 0.440. The fraction of sp³-hybridized carbons (Fsp3) is 0.533. The van der Waals surface area contributed by atoms with Gasteiger partial charge in [0.2, 0.25) is 0 Å². The van der Waals surface area contributed by atoms with Gasteiger partial charge in [0.15, 0.2) is 0 Å². The predicted molar refractivity (Wildman–Crippen MR) is 141 cm³/mol. The second kappa shape index (κ2) is 15.3. The summed E-state index contributed by atoms with van der Waals surface area (Å²) in [4.78, 5) is 0. The summed E-state index contributed by atoms with van der Waals surface area (Å²) in [6.45, 7) is 3.44. The smallest absolute Gasteiger partial charge is 0.122 e. The number of rotatable bonds is 16. The number of unbranched alkanes of at least 4 members (excludes halogenated alkanes) is 10. The molecule has 0 radical (unpaired) electrons. The van der Waals surface area contributed by atoms with Crippen LogP contribution in [-0.2, 0) is 12.8 Å². The van der Waals surface area contributed by atoms with E-state index >= 15 is 0 Å². The first kappa shape index (κ1) is 27.6. The van der Waals surface area contributed by atoms with Crippen molar-refractivity contribution in [2.45, 2.75) is 104 Å². The summed E-state index contributed by atoms with van der Waals surface area (Å²) in [6, 6.07) is 7.07. The molecule has 0 aliphatic heterocycles. The van der Waals surface area contributed by atoms with Crippen LogP contribution in [0.5, 0.6) is 23.0 Å². The van der Waals surface area contributed by atoms with Gasteiger partial charge in [0, 0.05) is 11.1 Å². The molecule has 4 heteroatoms. The molecule has 0 atom stereocenters. The Balaban J connectivity index is 1.39. The molecular weight excluding hydrogens is 424 g/mol. The lowest BCUT2D eigenvalue weighted by atomic mass is 10.0.